The van der Waals surface area contributed by atoms with Crippen molar-refractivity contribution in [3.8, 4) is 30.0 Å². The second kappa shape index (κ2) is 9.61. The lowest BCUT2D eigenvalue weighted by molar-refractivity contribution is 0.607. The number of aromatic nitrogens is 2. The maximum Gasteiger partial charge on any atom is 0.332 e. The zero-order chi connectivity index (χ0) is 32.0. The molecule has 0 saturated heterocycles. The van der Waals surface area contributed by atoms with Crippen molar-refractivity contribution in [1.29, 1.82) is 21.0 Å². The number of nitriles is 4. The van der Waals surface area contributed by atoms with E-state index in [-0.39, 0.29) is 12.3 Å². The van der Waals surface area contributed by atoms with Gasteiger partial charge in [0.05, 0.1) is 56.5 Å². The Morgan fingerprint density at radius 3 is 1.94 bits per heavy atom. The molecule has 0 amide bonds. The fourth-order valence-electron chi connectivity index (χ4n) is 8.44. The van der Waals surface area contributed by atoms with Crippen LogP contribution in [0.4, 0.5) is 0 Å². The summed E-state index contributed by atoms with van der Waals surface area (Å²) in [6, 6.07) is 37.8. The van der Waals surface area contributed by atoms with Gasteiger partial charge in [-0.05, 0) is 77.6 Å². The van der Waals surface area contributed by atoms with Crippen molar-refractivity contribution in [2.75, 3.05) is 0 Å². The van der Waals surface area contributed by atoms with Crippen molar-refractivity contribution in [2.45, 2.75) is 38.0 Å². The number of nitrogens with zero attached hydrogens (tertiary/aromatic N) is 6. The molecule has 1 aliphatic carbocycles. The first-order valence-corrected chi connectivity index (χ1v) is 16.0. The van der Waals surface area contributed by atoms with Crippen LogP contribution in [-0.2, 0) is 5.41 Å². The highest BCUT2D eigenvalue weighted by molar-refractivity contribution is 6.88. The quantitative estimate of drug-likeness (QED) is 0.200. The molecule has 2 aliphatic rings. The first-order valence-electron chi connectivity index (χ1n) is 16.0. The molecule has 0 atom stereocenters. The van der Waals surface area contributed by atoms with Gasteiger partial charge in [0.1, 0.15) is 12.1 Å². The van der Waals surface area contributed by atoms with Crippen molar-refractivity contribution in [3.05, 3.63) is 113 Å². The van der Waals surface area contributed by atoms with Crippen LogP contribution in [0.15, 0.2) is 84.9 Å². The van der Waals surface area contributed by atoms with Crippen LogP contribution in [0, 0.1) is 45.3 Å². The molecule has 218 valence electrons. The van der Waals surface area contributed by atoms with Crippen molar-refractivity contribution in [2.24, 2.45) is 0 Å². The number of benzene rings is 5. The zero-order valence-corrected chi connectivity index (χ0v) is 25.7. The van der Waals surface area contributed by atoms with Gasteiger partial charge in [-0.25, -0.2) is 0 Å². The van der Waals surface area contributed by atoms with Crippen LogP contribution >= 0.6 is 0 Å². The minimum Gasteiger partial charge on any atom is -0.374 e. The number of para-hydroxylation sites is 2. The van der Waals surface area contributed by atoms with Gasteiger partial charge < -0.3 is 9.05 Å². The van der Waals surface area contributed by atoms with E-state index < -0.39 is 0 Å². The lowest BCUT2D eigenvalue weighted by Gasteiger charge is -2.28. The Kier molecular flexibility index (Phi) is 5.54. The fraction of sp³-hybridized carbons (Fsp3) is 0.150. The minimum atomic E-state index is -0.388. The van der Waals surface area contributed by atoms with E-state index in [4.69, 9.17) is 0 Å². The van der Waals surface area contributed by atoms with E-state index in [1.807, 2.05) is 6.07 Å². The highest BCUT2D eigenvalue weighted by Crippen LogP contribution is 2.52. The molecule has 2 aromatic heterocycles. The molecule has 1 saturated carbocycles. The van der Waals surface area contributed by atoms with E-state index in [1.54, 1.807) is 24.3 Å². The Balaban J connectivity index is 1.46. The number of rotatable bonds is 4. The molecule has 3 heterocycles. The molecule has 6 nitrogen and oxygen atoms in total. The standard InChI is InChI=1S/C40H25BN6/c1-2-12-40(13-14-40)28-10-11-29-30-6-5-8-34-39(30)46(36(29)19-28)35-9-4-3-7-33(35)41(34)47-37-26(22-44)15-24(20-42)17-31(37)32-18-25(21-43)16-27(23-45)38(32)47/h3-11,15-19H,2,12-14H2,1H3. The summed E-state index contributed by atoms with van der Waals surface area (Å²) in [6.07, 6.45) is 4.82. The van der Waals surface area contributed by atoms with Gasteiger partial charge in [-0.3, -0.25) is 0 Å². The van der Waals surface area contributed by atoms with Crippen LogP contribution in [0.5, 0.6) is 0 Å². The maximum absolute atomic E-state index is 10.5. The normalized spacial score (nSPS) is 14.1. The molecule has 0 spiro atoms. The summed E-state index contributed by atoms with van der Waals surface area (Å²) in [5.41, 5.74) is 9.85. The first kappa shape index (κ1) is 27.1. The average molecular weight is 600 g/mol. The number of hydrogen-bond acceptors (Lipinski definition) is 4. The minimum absolute atomic E-state index is 0.272. The van der Waals surface area contributed by atoms with E-state index in [2.05, 4.69) is 94.8 Å². The highest BCUT2D eigenvalue weighted by Gasteiger charge is 2.44. The largest absolute Gasteiger partial charge is 0.374 e. The third-order valence-corrected chi connectivity index (χ3v) is 10.5. The van der Waals surface area contributed by atoms with Gasteiger partial charge >= 0.3 is 6.85 Å². The van der Waals surface area contributed by atoms with Crippen LogP contribution in [-0.4, -0.2) is 15.9 Å². The predicted octanol–water partition coefficient (Wildman–Crippen LogP) is 7.18. The van der Waals surface area contributed by atoms with E-state index in [9.17, 15) is 21.0 Å². The maximum atomic E-state index is 10.5. The Labute approximate surface area is 271 Å². The van der Waals surface area contributed by atoms with E-state index in [1.165, 1.54) is 35.7 Å². The molecule has 1 aliphatic heterocycles. The Hall–Kier alpha value is -6.28. The SMILES string of the molecule is CCCC1(c2ccc3c4cccc5c4n(c3c2)-c2ccccc2B5n2c3c(C#N)cc(C#N)cc3c3cc(C#N)cc(C#N)c32)CC1. The summed E-state index contributed by atoms with van der Waals surface area (Å²) in [6.45, 7) is 1.88. The van der Waals surface area contributed by atoms with Gasteiger partial charge in [0.2, 0.25) is 0 Å². The summed E-state index contributed by atoms with van der Waals surface area (Å²) >= 11 is 0. The Bertz CT molecular complexity index is 2620. The van der Waals surface area contributed by atoms with Crippen LogP contribution in [0.25, 0.3) is 49.3 Å². The lowest BCUT2D eigenvalue weighted by Crippen LogP contribution is -2.53. The molecular weight excluding hydrogens is 575 g/mol. The van der Waals surface area contributed by atoms with Crippen molar-refractivity contribution < 1.29 is 0 Å². The van der Waals surface area contributed by atoms with Crippen LogP contribution in [0.1, 0.15) is 60.4 Å². The van der Waals surface area contributed by atoms with Crippen LogP contribution < -0.4 is 10.9 Å². The molecule has 5 aromatic carbocycles. The summed E-state index contributed by atoms with van der Waals surface area (Å²) in [4.78, 5) is 0. The van der Waals surface area contributed by atoms with Crippen molar-refractivity contribution in [3.63, 3.8) is 0 Å². The molecule has 0 unspecified atom stereocenters. The lowest BCUT2D eigenvalue weighted by atomic mass is 9.48. The first-order chi connectivity index (χ1) is 23.0. The Morgan fingerprint density at radius 1 is 0.660 bits per heavy atom. The van der Waals surface area contributed by atoms with Crippen molar-refractivity contribution >= 4 is 61.4 Å². The molecule has 0 N–H and O–H groups in total. The molecule has 0 radical (unpaired) electrons. The van der Waals surface area contributed by atoms with E-state index in [0.29, 0.717) is 44.1 Å². The predicted molar refractivity (Wildman–Crippen MR) is 185 cm³/mol. The van der Waals surface area contributed by atoms with Crippen molar-refractivity contribution in [1.82, 2.24) is 9.05 Å². The van der Waals surface area contributed by atoms with Crippen LogP contribution in [0.3, 0.4) is 0 Å². The summed E-state index contributed by atoms with van der Waals surface area (Å²) < 4.78 is 4.52. The zero-order valence-electron chi connectivity index (χ0n) is 25.7. The van der Waals surface area contributed by atoms with Gasteiger partial charge in [0.15, 0.2) is 0 Å². The topological polar surface area (TPSA) is 105 Å². The monoisotopic (exact) mass is 600 g/mol. The third-order valence-electron chi connectivity index (χ3n) is 10.5. The Morgan fingerprint density at radius 2 is 1.32 bits per heavy atom. The van der Waals surface area contributed by atoms with Gasteiger partial charge in [-0.1, -0.05) is 61.9 Å². The molecule has 7 heteroatoms. The number of hydrogen-bond donors (Lipinski definition) is 0. The molecule has 47 heavy (non-hydrogen) atoms. The van der Waals surface area contributed by atoms with E-state index >= 15 is 0 Å². The number of fused-ring (bicyclic) bond motifs is 8. The second-order valence-corrected chi connectivity index (χ2v) is 13.0. The van der Waals surface area contributed by atoms with E-state index in [0.717, 1.165) is 33.9 Å². The highest BCUT2D eigenvalue weighted by atomic mass is 15.0. The summed E-state index contributed by atoms with van der Waals surface area (Å²) in [5.74, 6) is 0. The molecular formula is C40H25BN6. The van der Waals surface area contributed by atoms with Gasteiger partial charge in [0.25, 0.3) is 0 Å². The molecule has 1 fully saturated rings. The van der Waals surface area contributed by atoms with Crippen LogP contribution in [0.2, 0.25) is 0 Å². The van der Waals surface area contributed by atoms with Gasteiger partial charge in [0, 0.05) is 27.2 Å². The summed E-state index contributed by atoms with van der Waals surface area (Å²) in [5, 5.41) is 44.4. The molecule has 9 rings (SSSR count). The molecule has 7 aromatic rings. The smallest absolute Gasteiger partial charge is 0.332 e. The fourth-order valence-corrected chi connectivity index (χ4v) is 8.44. The third kappa shape index (κ3) is 3.52. The van der Waals surface area contributed by atoms with Gasteiger partial charge in [-0.15, -0.1) is 0 Å². The summed E-state index contributed by atoms with van der Waals surface area (Å²) in [7, 11) is 0. The molecule has 0 bridgehead atoms. The van der Waals surface area contributed by atoms with Gasteiger partial charge in [-0.2, -0.15) is 21.0 Å². The average Bonchev–Trinajstić information content (AvgIpc) is 3.73. The second-order valence-electron chi connectivity index (χ2n) is 13.0.